The summed E-state index contributed by atoms with van der Waals surface area (Å²) in [4.78, 5) is 69.6. The summed E-state index contributed by atoms with van der Waals surface area (Å²) < 4.78 is 27.7. The van der Waals surface area contributed by atoms with Crippen molar-refractivity contribution in [2.24, 2.45) is 28.1 Å². The molecule has 2 saturated carbocycles. The van der Waals surface area contributed by atoms with Gasteiger partial charge in [0, 0.05) is 26.7 Å². The second-order valence-electron chi connectivity index (χ2n) is 16.5. The van der Waals surface area contributed by atoms with Gasteiger partial charge in [-0.1, -0.05) is 73.8 Å². The SMILES string of the molecule is C=CCNC(=O)C(=O)C(CC)NC(=O)[C@@H]1[C@@H]2[C@H](CN1C(=O)[C@@H](NC(=O)N[C@H]([C@H]1CCN(C)S1(=O)=O)C(C)(C)C)C1(C)CCCCC1)C2(C)C. The van der Waals surface area contributed by atoms with Crippen LogP contribution in [0.4, 0.5) is 4.79 Å². The van der Waals surface area contributed by atoms with Gasteiger partial charge in [0.05, 0.1) is 17.3 Å². The van der Waals surface area contributed by atoms with Crippen LogP contribution in [0.3, 0.4) is 0 Å². The number of ketones is 1. The number of carbonyl (C=O) groups is 5. The molecule has 0 aromatic carbocycles. The number of urea groups is 1. The van der Waals surface area contributed by atoms with Crippen LogP contribution < -0.4 is 21.3 Å². The first-order valence-electron chi connectivity index (χ1n) is 17.8. The molecule has 4 N–H and O–H groups in total. The normalized spacial score (nSPS) is 28.7. The standard InChI is InChI=1S/C35H58N6O7S/c1-10-18-36-30(44)26(42)22(11-2)37-29(43)25-24-21(34(24,6)7)20-41(25)31(45)28(35(8)16-13-12-14-17-35)39-32(46)38-27(33(3,4)5)23-15-19-40(9)49(23,47)48/h10,21-25,27-28H,1,11-20H2,2-9H3,(H,36,44)(H,37,43)(H2,38,39,46)/t21-,22?,23+,24-,25-,27+,28+/m0/s1. The maximum Gasteiger partial charge on any atom is 0.315 e. The third-order valence-electron chi connectivity index (χ3n) is 11.8. The van der Waals surface area contributed by atoms with Crippen molar-refractivity contribution in [3.05, 3.63) is 12.7 Å². The number of carbonyl (C=O) groups excluding carboxylic acids is 5. The molecule has 0 spiro atoms. The van der Waals surface area contributed by atoms with Crippen LogP contribution in [-0.2, 0) is 29.2 Å². The Hall–Kier alpha value is -3.00. The average Bonchev–Trinajstić information content (AvgIpc) is 3.29. The highest BCUT2D eigenvalue weighted by Crippen LogP contribution is 2.65. The smallest absolute Gasteiger partial charge is 0.315 e. The van der Waals surface area contributed by atoms with E-state index in [1.165, 1.54) is 10.4 Å². The van der Waals surface area contributed by atoms with Gasteiger partial charge >= 0.3 is 6.03 Å². The molecular weight excluding hydrogens is 648 g/mol. The molecular formula is C35H58N6O7S. The van der Waals surface area contributed by atoms with E-state index in [9.17, 15) is 32.4 Å². The highest BCUT2D eigenvalue weighted by molar-refractivity contribution is 7.90. The molecule has 1 unspecified atom stereocenters. The number of nitrogens with zero attached hydrogens (tertiary/aromatic N) is 2. The zero-order chi connectivity index (χ0) is 36.7. The fourth-order valence-corrected chi connectivity index (χ4v) is 10.6. The first-order valence-corrected chi connectivity index (χ1v) is 19.3. The van der Waals surface area contributed by atoms with Crippen LogP contribution in [0.15, 0.2) is 12.7 Å². The maximum atomic E-state index is 14.7. The Labute approximate surface area is 292 Å². The molecule has 0 aromatic rings. The lowest BCUT2D eigenvalue weighted by atomic mass is 9.70. The van der Waals surface area contributed by atoms with Gasteiger partial charge in [0.25, 0.3) is 5.91 Å². The molecule has 4 rings (SSSR count). The quantitative estimate of drug-likeness (QED) is 0.178. The molecule has 4 aliphatic rings. The lowest BCUT2D eigenvalue weighted by Crippen LogP contribution is -2.64. The molecule has 2 aliphatic heterocycles. The van der Waals surface area contributed by atoms with Gasteiger partial charge in [-0.2, -0.15) is 0 Å². The van der Waals surface area contributed by atoms with Crippen molar-refractivity contribution in [2.75, 3.05) is 26.7 Å². The van der Waals surface area contributed by atoms with Crippen molar-refractivity contribution in [2.45, 2.75) is 123 Å². The average molecular weight is 707 g/mol. The van der Waals surface area contributed by atoms with Crippen LogP contribution in [0.25, 0.3) is 0 Å². The molecule has 7 atom stereocenters. The Morgan fingerprint density at radius 2 is 1.63 bits per heavy atom. The molecule has 2 saturated heterocycles. The highest BCUT2D eigenvalue weighted by Gasteiger charge is 2.70. The summed E-state index contributed by atoms with van der Waals surface area (Å²) in [6, 6.07) is -4.26. The number of nitrogens with one attached hydrogen (secondary N) is 4. The van der Waals surface area contributed by atoms with E-state index in [-0.39, 0.29) is 36.1 Å². The van der Waals surface area contributed by atoms with Crippen molar-refractivity contribution in [1.29, 1.82) is 0 Å². The van der Waals surface area contributed by atoms with Crippen molar-refractivity contribution in [3.63, 3.8) is 0 Å². The highest BCUT2D eigenvalue weighted by atomic mass is 32.2. The number of sulfonamides is 1. The van der Waals surface area contributed by atoms with Crippen molar-refractivity contribution in [3.8, 4) is 0 Å². The molecule has 13 nitrogen and oxygen atoms in total. The van der Waals surface area contributed by atoms with Crippen molar-refractivity contribution < 1.29 is 32.4 Å². The molecule has 0 bridgehead atoms. The predicted molar refractivity (Wildman–Crippen MR) is 187 cm³/mol. The topological polar surface area (TPSA) is 174 Å². The van der Waals surface area contributed by atoms with Gasteiger partial charge < -0.3 is 26.2 Å². The van der Waals surface area contributed by atoms with E-state index in [2.05, 4.69) is 41.7 Å². The lowest BCUT2D eigenvalue weighted by molar-refractivity contribution is -0.146. The van der Waals surface area contributed by atoms with E-state index in [0.717, 1.165) is 19.3 Å². The minimum atomic E-state index is -3.62. The number of rotatable bonds is 12. The Morgan fingerprint density at radius 3 is 2.16 bits per heavy atom. The Bertz CT molecular complexity index is 1430. The largest absolute Gasteiger partial charge is 0.346 e. The maximum absolute atomic E-state index is 14.7. The molecule has 276 valence electrons. The number of Topliss-reactive ketones (excluding diaryl/α,β-unsaturated/α-hetero) is 1. The van der Waals surface area contributed by atoms with Crippen LogP contribution in [-0.4, -0.2) is 103 Å². The first kappa shape index (κ1) is 38.8. The zero-order valence-electron chi connectivity index (χ0n) is 30.6. The van der Waals surface area contributed by atoms with Crippen molar-refractivity contribution >= 4 is 39.6 Å². The molecule has 14 heteroatoms. The van der Waals surface area contributed by atoms with E-state index in [4.69, 9.17) is 0 Å². The number of hydrogen-bond donors (Lipinski definition) is 4. The number of piperidine rings is 1. The van der Waals surface area contributed by atoms with E-state index in [0.29, 0.717) is 32.4 Å². The second kappa shape index (κ2) is 14.3. The fourth-order valence-electron chi connectivity index (χ4n) is 8.52. The monoisotopic (exact) mass is 706 g/mol. The summed E-state index contributed by atoms with van der Waals surface area (Å²) in [5.74, 6) is -2.54. The number of amides is 5. The zero-order valence-corrected chi connectivity index (χ0v) is 31.4. The van der Waals surface area contributed by atoms with E-state index < -0.39 is 73.9 Å². The summed E-state index contributed by atoms with van der Waals surface area (Å²) >= 11 is 0. The fraction of sp³-hybridized carbons (Fsp3) is 0.800. The third-order valence-corrected chi connectivity index (χ3v) is 14.1. The van der Waals surface area contributed by atoms with Gasteiger partial charge in [0.2, 0.25) is 27.6 Å². The minimum Gasteiger partial charge on any atom is -0.346 e. The van der Waals surface area contributed by atoms with Gasteiger partial charge in [-0.15, -0.1) is 6.58 Å². The van der Waals surface area contributed by atoms with Gasteiger partial charge in [-0.25, -0.2) is 17.5 Å². The Balaban J connectivity index is 1.60. The van der Waals surface area contributed by atoms with Crippen molar-refractivity contribution in [1.82, 2.24) is 30.5 Å². The van der Waals surface area contributed by atoms with Crippen LogP contribution in [0.5, 0.6) is 0 Å². The first-order chi connectivity index (χ1) is 22.7. The summed E-state index contributed by atoms with van der Waals surface area (Å²) in [5.41, 5.74) is -1.41. The van der Waals surface area contributed by atoms with Crippen LogP contribution >= 0.6 is 0 Å². The number of fused-ring (bicyclic) bond motifs is 1. The molecule has 4 fully saturated rings. The molecule has 2 heterocycles. The summed E-state index contributed by atoms with van der Waals surface area (Å²) in [7, 11) is -2.08. The van der Waals surface area contributed by atoms with Gasteiger partial charge in [0.1, 0.15) is 12.1 Å². The summed E-state index contributed by atoms with van der Waals surface area (Å²) in [5, 5.41) is 10.4. The van der Waals surface area contributed by atoms with Gasteiger partial charge in [-0.3, -0.25) is 19.2 Å². The van der Waals surface area contributed by atoms with Crippen LogP contribution in [0, 0.1) is 28.1 Å². The number of hydrogen-bond acceptors (Lipinski definition) is 7. The van der Waals surface area contributed by atoms with Crippen LogP contribution in [0.2, 0.25) is 0 Å². The summed E-state index contributed by atoms with van der Waals surface area (Å²) in [6.07, 6.45) is 6.21. The van der Waals surface area contributed by atoms with Gasteiger partial charge in [-0.05, 0) is 53.8 Å². The molecule has 0 radical (unpaired) electrons. The summed E-state index contributed by atoms with van der Waals surface area (Å²) in [6.45, 7) is 17.8. The Morgan fingerprint density at radius 1 is 1.00 bits per heavy atom. The molecule has 49 heavy (non-hydrogen) atoms. The van der Waals surface area contributed by atoms with E-state index in [1.54, 1.807) is 18.9 Å². The number of likely N-dealkylation sites (tertiary alicyclic amines) is 1. The molecule has 2 aliphatic carbocycles. The second-order valence-corrected chi connectivity index (χ2v) is 18.8. The van der Waals surface area contributed by atoms with Gasteiger partial charge in [0.15, 0.2) is 0 Å². The third kappa shape index (κ3) is 7.69. The Kier molecular flexibility index (Phi) is 11.3. The molecule has 0 aromatic heterocycles. The van der Waals surface area contributed by atoms with E-state index >= 15 is 0 Å². The lowest BCUT2D eigenvalue weighted by Gasteiger charge is -2.43. The van der Waals surface area contributed by atoms with E-state index in [1.807, 2.05) is 27.7 Å². The minimum absolute atomic E-state index is 0.0577. The molecule has 5 amide bonds. The van der Waals surface area contributed by atoms with Crippen LogP contribution in [0.1, 0.15) is 93.4 Å². The predicted octanol–water partition coefficient (Wildman–Crippen LogP) is 2.32.